The Balaban J connectivity index is 1.89. The van der Waals surface area contributed by atoms with Gasteiger partial charge >= 0.3 is 0 Å². The molecule has 1 aliphatic heterocycles. The van der Waals surface area contributed by atoms with Gasteiger partial charge in [0, 0.05) is 23.7 Å². The van der Waals surface area contributed by atoms with Gasteiger partial charge in [-0.05, 0) is 30.7 Å². The standard InChI is InChI=1S/C13H19NO2S/c1-10-7-11(15-2)3-4-13(10)17-9-12-8-14-5-6-16-12/h3-4,7,12,14H,5-6,8-9H2,1-2H3. The second-order valence-electron chi connectivity index (χ2n) is 4.14. The van der Waals surface area contributed by atoms with Crippen LogP contribution in [0.2, 0.25) is 0 Å². The Morgan fingerprint density at radius 2 is 2.41 bits per heavy atom. The maximum absolute atomic E-state index is 5.68. The van der Waals surface area contributed by atoms with E-state index in [2.05, 4.69) is 24.4 Å². The number of ether oxygens (including phenoxy) is 2. The molecule has 1 unspecified atom stereocenters. The highest BCUT2D eigenvalue weighted by atomic mass is 32.2. The van der Waals surface area contributed by atoms with Crippen molar-refractivity contribution in [2.24, 2.45) is 0 Å². The van der Waals surface area contributed by atoms with Crippen molar-refractivity contribution in [1.29, 1.82) is 0 Å². The van der Waals surface area contributed by atoms with E-state index in [0.717, 1.165) is 31.2 Å². The fraction of sp³-hybridized carbons (Fsp3) is 0.538. The Kier molecular flexibility index (Phi) is 4.71. The maximum atomic E-state index is 5.68. The normalized spacial score (nSPS) is 20.2. The Bertz CT molecular complexity index is 364. The van der Waals surface area contributed by atoms with Gasteiger partial charge in [0.05, 0.1) is 19.8 Å². The molecule has 0 spiro atoms. The van der Waals surface area contributed by atoms with Gasteiger partial charge in [-0.15, -0.1) is 11.8 Å². The lowest BCUT2D eigenvalue weighted by Gasteiger charge is -2.23. The third kappa shape index (κ3) is 3.63. The smallest absolute Gasteiger partial charge is 0.119 e. The molecule has 94 valence electrons. The van der Waals surface area contributed by atoms with Gasteiger partial charge in [0.25, 0.3) is 0 Å². The number of benzene rings is 1. The molecular formula is C13H19NO2S. The molecule has 1 aliphatic rings. The van der Waals surface area contributed by atoms with Crippen molar-refractivity contribution >= 4 is 11.8 Å². The minimum atomic E-state index is 0.329. The van der Waals surface area contributed by atoms with Crippen molar-refractivity contribution in [3.05, 3.63) is 23.8 Å². The molecule has 1 heterocycles. The molecule has 1 aromatic carbocycles. The Morgan fingerprint density at radius 1 is 1.53 bits per heavy atom. The molecule has 1 atom stereocenters. The van der Waals surface area contributed by atoms with Crippen molar-refractivity contribution in [2.45, 2.75) is 17.9 Å². The van der Waals surface area contributed by atoms with Crippen LogP contribution in [0.3, 0.4) is 0 Å². The minimum absolute atomic E-state index is 0.329. The lowest BCUT2D eigenvalue weighted by molar-refractivity contribution is 0.0441. The van der Waals surface area contributed by atoms with Crippen molar-refractivity contribution in [1.82, 2.24) is 5.32 Å². The molecule has 1 saturated heterocycles. The van der Waals surface area contributed by atoms with Crippen molar-refractivity contribution < 1.29 is 9.47 Å². The first-order valence-electron chi connectivity index (χ1n) is 5.89. The fourth-order valence-electron chi connectivity index (χ4n) is 1.82. The van der Waals surface area contributed by atoms with E-state index in [1.165, 1.54) is 10.5 Å². The van der Waals surface area contributed by atoms with Gasteiger partial charge in [0.1, 0.15) is 5.75 Å². The summed E-state index contributed by atoms with van der Waals surface area (Å²) in [6.45, 7) is 4.88. The van der Waals surface area contributed by atoms with Gasteiger partial charge < -0.3 is 14.8 Å². The maximum Gasteiger partial charge on any atom is 0.119 e. The van der Waals surface area contributed by atoms with Crippen LogP contribution in [0.1, 0.15) is 5.56 Å². The van der Waals surface area contributed by atoms with Crippen LogP contribution in [0, 0.1) is 6.92 Å². The molecule has 1 N–H and O–H groups in total. The van der Waals surface area contributed by atoms with Crippen molar-refractivity contribution in [3.63, 3.8) is 0 Å². The number of hydrogen-bond donors (Lipinski definition) is 1. The summed E-state index contributed by atoms with van der Waals surface area (Å²) in [5.41, 5.74) is 1.26. The lowest BCUT2D eigenvalue weighted by atomic mass is 10.2. The average Bonchev–Trinajstić information content (AvgIpc) is 2.38. The molecule has 1 aromatic rings. The van der Waals surface area contributed by atoms with E-state index in [1.54, 1.807) is 7.11 Å². The van der Waals surface area contributed by atoms with E-state index in [9.17, 15) is 0 Å². The first-order chi connectivity index (χ1) is 8.29. The molecule has 0 aliphatic carbocycles. The average molecular weight is 253 g/mol. The van der Waals surface area contributed by atoms with Gasteiger partial charge in [-0.1, -0.05) is 0 Å². The molecule has 0 radical (unpaired) electrons. The second kappa shape index (κ2) is 6.28. The van der Waals surface area contributed by atoms with Crippen LogP contribution in [0.25, 0.3) is 0 Å². The number of rotatable bonds is 4. The predicted molar refractivity (Wildman–Crippen MR) is 71.1 cm³/mol. The van der Waals surface area contributed by atoms with Crippen LogP contribution in [0.5, 0.6) is 5.75 Å². The summed E-state index contributed by atoms with van der Waals surface area (Å²) in [4.78, 5) is 1.31. The van der Waals surface area contributed by atoms with E-state index in [1.807, 2.05) is 17.8 Å². The molecule has 4 heteroatoms. The van der Waals surface area contributed by atoms with Crippen LogP contribution in [0.15, 0.2) is 23.1 Å². The van der Waals surface area contributed by atoms with Crippen molar-refractivity contribution in [3.8, 4) is 5.75 Å². The van der Waals surface area contributed by atoms with Crippen LogP contribution in [-0.2, 0) is 4.74 Å². The third-order valence-electron chi connectivity index (χ3n) is 2.81. The molecule has 0 saturated carbocycles. The third-order valence-corrected chi connectivity index (χ3v) is 4.12. The van der Waals surface area contributed by atoms with E-state index in [-0.39, 0.29) is 0 Å². The van der Waals surface area contributed by atoms with E-state index in [0.29, 0.717) is 6.10 Å². The van der Waals surface area contributed by atoms with Crippen LogP contribution >= 0.6 is 11.8 Å². The van der Waals surface area contributed by atoms with Crippen LogP contribution < -0.4 is 10.1 Å². The number of methoxy groups -OCH3 is 1. The topological polar surface area (TPSA) is 30.5 Å². The number of aryl methyl sites for hydroxylation is 1. The zero-order chi connectivity index (χ0) is 12.1. The zero-order valence-electron chi connectivity index (χ0n) is 10.4. The summed E-state index contributed by atoms with van der Waals surface area (Å²) in [5, 5.41) is 3.35. The molecule has 0 bridgehead atoms. The molecule has 1 fully saturated rings. The van der Waals surface area contributed by atoms with Crippen molar-refractivity contribution in [2.75, 3.05) is 32.6 Å². The van der Waals surface area contributed by atoms with E-state index >= 15 is 0 Å². The highest BCUT2D eigenvalue weighted by Gasteiger charge is 2.14. The first-order valence-corrected chi connectivity index (χ1v) is 6.88. The lowest BCUT2D eigenvalue weighted by Crippen LogP contribution is -2.39. The summed E-state index contributed by atoms with van der Waals surface area (Å²) >= 11 is 1.85. The number of thioether (sulfide) groups is 1. The Hall–Kier alpha value is -0.710. The zero-order valence-corrected chi connectivity index (χ0v) is 11.2. The Morgan fingerprint density at radius 3 is 3.06 bits per heavy atom. The van der Waals surface area contributed by atoms with Crippen LogP contribution in [0.4, 0.5) is 0 Å². The first kappa shape index (κ1) is 12.7. The van der Waals surface area contributed by atoms with E-state index < -0.39 is 0 Å². The largest absolute Gasteiger partial charge is 0.497 e. The number of hydrogen-bond acceptors (Lipinski definition) is 4. The molecule has 0 aromatic heterocycles. The highest BCUT2D eigenvalue weighted by Crippen LogP contribution is 2.27. The SMILES string of the molecule is COc1ccc(SCC2CNCCO2)c(C)c1. The molecular weight excluding hydrogens is 234 g/mol. The molecule has 17 heavy (non-hydrogen) atoms. The summed E-state index contributed by atoms with van der Waals surface area (Å²) in [7, 11) is 1.70. The second-order valence-corrected chi connectivity index (χ2v) is 5.20. The number of nitrogens with one attached hydrogen (secondary N) is 1. The summed E-state index contributed by atoms with van der Waals surface area (Å²) in [5.74, 6) is 1.92. The number of morpholine rings is 1. The van der Waals surface area contributed by atoms with Gasteiger partial charge in [-0.2, -0.15) is 0 Å². The highest BCUT2D eigenvalue weighted by molar-refractivity contribution is 7.99. The monoisotopic (exact) mass is 253 g/mol. The molecule has 0 amide bonds. The summed E-state index contributed by atoms with van der Waals surface area (Å²) in [6, 6.07) is 6.20. The fourth-order valence-corrected chi connectivity index (χ4v) is 2.85. The van der Waals surface area contributed by atoms with Gasteiger partial charge in [-0.3, -0.25) is 0 Å². The Labute approximate surface area is 107 Å². The summed E-state index contributed by atoms with van der Waals surface area (Å²) < 4.78 is 10.9. The van der Waals surface area contributed by atoms with Crippen LogP contribution in [-0.4, -0.2) is 38.7 Å². The van der Waals surface area contributed by atoms with E-state index in [4.69, 9.17) is 9.47 Å². The van der Waals surface area contributed by atoms with Gasteiger partial charge in [-0.25, -0.2) is 0 Å². The molecule has 3 nitrogen and oxygen atoms in total. The van der Waals surface area contributed by atoms with Gasteiger partial charge in [0.2, 0.25) is 0 Å². The summed E-state index contributed by atoms with van der Waals surface area (Å²) in [6.07, 6.45) is 0.329. The van der Waals surface area contributed by atoms with Gasteiger partial charge in [0.15, 0.2) is 0 Å². The minimum Gasteiger partial charge on any atom is -0.497 e. The quantitative estimate of drug-likeness (QED) is 0.832. The predicted octanol–water partition coefficient (Wildman–Crippen LogP) is 2.08. The molecule has 2 rings (SSSR count).